The van der Waals surface area contributed by atoms with E-state index >= 15 is 0 Å². The number of carbonyl (C=O) groups excluding carboxylic acids is 1. The molecule has 0 aromatic heterocycles. The lowest BCUT2D eigenvalue weighted by Crippen LogP contribution is -2.32. The van der Waals surface area contributed by atoms with Crippen LogP contribution in [0, 0.1) is 0 Å². The fourth-order valence-corrected chi connectivity index (χ4v) is 3.10. The van der Waals surface area contributed by atoms with Crippen LogP contribution in [0.1, 0.15) is 28.4 Å². The summed E-state index contributed by atoms with van der Waals surface area (Å²) in [6.07, 6.45) is 0.723. The van der Waals surface area contributed by atoms with E-state index in [2.05, 4.69) is 5.32 Å². The molecule has 1 unspecified atom stereocenters. The van der Waals surface area contributed by atoms with Gasteiger partial charge in [-0.2, -0.15) is 0 Å². The molecule has 6 heteroatoms. The molecule has 0 bridgehead atoms. The lowest BCUT2D eigenvalue weighted by atomic mass is 10.00. The monoisotopic (exact) mass is 331 g/mol. The maximum absolute atomic E-state index is 12.6. The minimum atomic E-state index is -0.202. The Morgan fingerprint density at radius 3 is 2.91 bits per heavy atom. The summed E-state index contributed by atoms with van der Waals surface area (Å²) >= 11 is 6.14. The summed E-state index contributed by atoms with van der Waals surface area (Å²) in [5, 5.41) is 3.41. The van der Waals surface area contributed by atoms with Gasteiger partial charge in [-0.15, -0.1) is 0 Å². The van der Waals surface area contributed by atoms with Gasteiger partial charge in [0.1, 0.15) is 5.75 Å². The minimum Gasteiger partial charge on any atom is -0.493 e. The molecule has 1 N–H and O–H groups in total. The quantitative estimate of drug-likeness (QED) is 0.917. The predicted molar refractivity (Wildman–Crippen MR) is 84.3 cm³/mol. The van der Waals surface area contributed by atoms with Crippen molar-refractivity contribution in [3.63, 3.8) is 0 Å². The second-order valence-corrected chi connectivity index (χ2v) is 5.80. The van der Waals surface area contributed by atoms with Crippen LogP contribution in [0.2, 0.25) is 5.02 Å². The van der Waals surface area contributed by atoms with Crippen LogP contribution in [0.4, 0.5) is 0 Å². The van der Waals surface area contributed by atoms with Crippen LogP contribution >= 0.6 is 11.6 Å². The lowest BCUT2D eigenvalue weighted by Gasteiger charge is -2.26. The molecule has 2 aromatic rings. The number of carbonyl (C=O) groups is 1. The number of benzene rings is 2. The van der Waals surface area contributed by atoms with Gasteiger partial charge >= 0.3 is 0 Å². The Hall–Kier alpha value is -2.40. The molecule has 0 saturated carbocycles. The molecule has 4 rings (SSSR count). The van der Waals surface area contributed by atoms with Crippen LogP contribution in [0.5, 0.6) is 17.2 Å². The van der Waals surface area contributed by atoms with Gasteiger partial charge in [-0.1, -0.05) is 29.8 Å². The predicted octanol–water partition coefficient (Wildman–Crippen LogP) is 3.32. The van der Waals surface area contributed by atoms with Gasteiger partial charge in [0.05, 0.1) is 17.7 Å². The van der Waals surface area contributed by atoms with Crippen LogP contribution in [0.15, 0.2) is 36.4 Å². The molecule has 2 aromatic carbocycles. The van der Waals surface area contributed by atoms with E-state index in [0.717, 1.165) is 17.7 Å². The average Bonchev–Trinajstić information content (AvgIpc) is 3.04. The first-order chi connectivity index (χ1) is 11.2. The molecule has 0 fully saturated rings. The zero-order chi connectivity index (χ0) is 15.8. The van der Waals surface area contributed by atoms with E-state index in [4.69, 9.17) is 25.8 Å². The van der Waals surface area contributed by atoms with E-state index < -0.39 is 0 Å². The third kappa shape index (κ3) is 2.57. The fourth-order valence-electron chi connectivity index (χ4n) is 2.83. The first kappa shape index (κ1) is 14.2. The zero-order valence-electron chi connectivity index (χ0n) is 12.2. The number of hydrogen-bond acceptors (Lipinski definition) is 4. The molecule has 23 heavy (non-hydrogen) atoms. The highest BCUT2D eigenvalue weighted by atomic mass is 35.5. The Bertz CT molecular complexity index is 777. The second kappa shape index (κ2) is 5.66. The standard InChI is InChI=1S/C17H14ClNO4/c18-12-7-10(8-15-16(12)23-9-22-15)17(20)19-13-5-6-21-14-4-2-1-3-11(13)14/h1-4,7-8,13H,5-6,9H2,(H,19,20). The zero-order valence-corrected chi connectivity index (χ0v) is 12.9. The van der Waals surface area contributed by atoms with Crippen LogP contribution in [0.3, 0.4) is 0 Å². The van der Waals surface area contributed by atoms with Crippen LogP contribution in [0.25, 0.3) is 0 Å². The Balaban J connectivity index is 1.59. The number of amides is 1. The first-order valence-corrected chi connectivity index (χ1v) is 7.72. The van der Waals surface area contributed by atoms with Crippen molar-refractivity contribution in [1.29, 1.82) is 0 Å². The maximum Gasteiger partial charge on any atom is 0.251 e. The van der Waals surface area contributed by atoms with Gasteiger partial charge in [0.2, 0.25) is 6.79 Å². The highest BCUT2D eigenvalue weighted by Crippen LogP contribution is 2.40. The lowest BCUT2D eigenvalue weighted by molar-refractivity contribution is 0.0924. The van der Waals surface area contributed by atoms with Crippen LogP contribution < -0.4 is 19.5 Å². The SMILES string of the molecule is O=C(NC1CCOc2ccccc21)c1cc(Cl)c2c(c1)OCO2. The Kier molecular flexibility index (Phi) is 3.50. The molecule has 0 spiro atoms. The van der Waals surface area contributed by atoms with Crippen molar-refractivity contribution < 1.29 is 19.0 Å². The topological polar surface area (TPSA) is 56.8 Å². The summed E-state index contributed by atoms with van der Waals surface area (Å²) in [7, 11) is 0. The van der Waals surface area contributed by atoms with Gasteiger partial charge in [0.25, 0.3) is 5.91 Å². The summed E-state index contributed by atoms with van der Waals surface area (Å²) in [6, 6.07) is 10.9. The number of para-hydroxylation sites is 1. The van der Waals surface area contributed by atoms with Gasteiger partial charge in [0.15, 0.2) is 11.5 Å². The molecule has 118 valence electrons. The van der Waals surface area contributed by atoms with Crippen molar-refractivity contribution in [2.24, 2.45) is 0 Å². The highest BCUT2D eigenvalue weighted by molar-refractivity contribution is 6.32. The van der Waals surface area contributed by atoms with Crippen LogP contribution in [-0.4, -0.2) is 19.3 Å². The molecule has 0 aliphatic carbocycles. The summed E-state index contributed by atoms with van der Waals surface area (Å²) in [4.78, 5) is 12.6. The van der Waals surface area contributed by atoms with Gasteiger partial charge < -0.3 is 19.5 Å². The maximum atomic E-state index is 12.6. The second-order valence-electron chi connectivity index (χ2n) is 5.39. The summed E-state index contributed by atoms with van der Waals surface area (Å²) < 4.78 is 16.2. The molecule has 2 aliphatic rings. The molecule has 1 amide bonds. The Morgan fingerprint density at radius 2 is 2.00 bits per heavy atom. The van der Waals surface area contributed by atoms with Crippen LogP contribution in [-0.2, 0) is 0 Å². The molecular formula is C17H14ClNO4. The normalized spacial score (nSPS) is 18.0. The van der Waals surface area contributed by atoms with Crippen molar-refractivity contribution in [3.05, 3.63) is 52.5 Å². The van der Waals surface area contributed by atoms with Crippen molar-refractivity contribution in [2.75, 3.05) is 13.4 Å². The molecule has 0 radical (unpaired) electrons. The molecule has 2 heterocycles. The van der Waals surface area contributed by atoms with Crippen molar-refractivity contribution in [1.82, 2.24) is 5.32 Å². The van der Waals surface area contributed by atoms with E-state index in [9.17, 15) is 4.79 Å². The Labute approximate surface area is 138 Å². The van der Waals surface area contributed by atoms with E-state index in [1.54, 1.807) is 12.1 Å². The van der Waals surface area contributed by atoms with Crippen molar-refractivity contribution in [2.45, 2.75) is 12.5 Å². The summed E-state index contributed by atoms with van der Waals surface area (Å²) in [6.45, 7) is 0.692. The Morgan fingerprint density at radius 1 is 1.13 bits per heavy atom. The third-order valence-electron chi connectivity index (χ3n) is 3.95. The van der Waals surface area contributed by atoms with Gasteiger partial charge in [-0.05, 0) is 18.2 Å². The largest absolute Gasteiger partial charge is 0.493 e. The van der Waals surface area contributed by atoms with E-state index in [-0.39, 0.29) is 18.7 Å². The van der Waals surface area contributed by atoms with E-state index in [1.807, 2.05) is 24.3 Å². The molecular weight excluding hydrogens is 318 g/mol. The third-order valence-corrected chi connectivity index (χ3v) is 4.23. The number of rotatable bonds is 2. The minimum absolute atomic E-state index is 0.0864. The van der Waals surface area contributed by atoms with Gasteiger partial charge in [-0.3, -0.25) is 4.79 Å². The first-order valence-electron chi connectivity index (χ1n) is 7.34. The number of nitrogens with one attached hydrogen (secondary N) is 1. The molecule has 2 aliphatic heterocycles. The van der Waals surface area contributed by atoms with Crippen molar-refractivity contribution in [3.8, 4) is 17.2 Å². The van der Waals surface area contributed by atoms with E-state index in [1.165, 1.54) is 0 Å². The number of hydrogen-bond donors (Lipinski definition) is 1. The smallest absolute Gasteiger partial charge is 0.251 e. The van der Waals surface area contributed by atoms with Gasteiger partial charge in [-0.25, -0.2) is 0 Å². The number of fused-ring (bicyclic) bond motifs is 2. The number of ether oxygens (including phenoxy) is 3. The fraction of sp³-hybridized carbons (Fsp3) is 0.235. The molecule has 5 nitrogen and oxygen atoms in total. The summed E-state index contributed by atoms with van der Waals surface area (Å²) in [5.41, 5.74) is 1.43. The highest BCUT2D eigenvalue weighted by Gasteiger charge is 2.25. The summed E-state index contributed by atoms with van der Waals surface area (Å²) in [5.74, 6) is 1.59. The average molecular weight is 332 g/mol. The van der Waals surface area contributed by atoms with Crippen molar-refractivity contribution >= 4 is 17.5 Å². The number of halogens is 1. The van der Waals surface area contributed by atoms with E-state index in [0.29, 0.717) is 28.7 Å². The van der Waals surface area contributed by atoms with Gasteiger partial charge in [0, 0.05) is 17.5 Å². The molecule has 1 atom stereocenters. The molecule has 0 saturated heterocycles.